The van der Waals surface area contributed by atoms with E-state index in [1.807, 2.05) is 24.5 Å². The summed E-state index contributed by atoms with van der Waals surface area (Å²) in [5, 5.41) is 3.34. The number of halogens is 1. The molecular formula is C17H18ClN5O2. The Balaban J connectivity index is 2.03. The first-order valence-electron chi connectivity index (χ1n) is 7.97. The van der Waals surface area contributed by atoms with E-state index < -0.39 is 0 Å². The van der Waals surface area contributed by atoms with E-state index in [0.717, 1.165) is 17.8 Å². The van der Waals surface area contributed by atoms with E-state index in [1.54, 1.807) is 25.4 Å². The maximum Gasteiger partial charge on any atom is 0.338 e. The van der Waals surface area contributed by atoms with Gasteiger partial charge in [-0.15, -0.1) is 0 Å². The summed E-state index contributed by atoms with van der Waals surface area (Å²) in [6.07, 6.45) is 1.70. The van der Waals surface area contributed by atoms with Crippen molar-refractivity contribution >= 4 is 40.2 Å². The van der Waals surface area contributed by atoms with E-state index in [-0.39, 0.29) is 11.3 Å². The molecule has 0 unspecified atom stereocenters. The molecule has 0 fully saturated rings. The molecule has 0 atom stereocenters. The average Bonchev–Trinajstić information content (AvgIpc) is 2.99. The van der Waals surface area contributed by atoms with Crippen LogP contribution in [0.5, 0.6) is 0 Å². The molecule has 0 radical (unpaired) electrons. The quantitative estimate of drug-likeness (QED) is 0.552. The molecule has 1 N–H and O–H groups in total. The van der Waals surface area contributed by atoms with Crippen LogP contribution in [0.3, 0.4) is 0 Å². The first-order valence-corrected chi connectivity index (χ1v) is 8.35. The third kappa shape index (κ3) is 3.28. The number of nitrogens with zero attached hydrogens (tertiary/aromatic N) is 4. The zero-order valence-corrected chi connectivity index (χ0v) is 15.0. The van der Waals surface area contributed by atoms with Crippen molar-refractivity contribution in [3.63, 3.8) is 0 Å². The lowest BCUT2D eigenvalue weighted by molar-refractivity contribution is 0.0525. The Hall–Kier alpha value is -2.67. The lowest BCUT2D eigenvalue weighted by Gasteiger charge is -2.12. The van der Waals surface area contributed by atoms with Gasteiger partial charge in [0.1, 0.15) is 0 Å². The molecule has 3 rings (SSSR count). The molecule has 0 spiro atoms. The number of rotatable bonds is 5. The number of hydrogen-bond acceptors (Lipinski definition) is 6. The summed E-state index contributed by atoms with van der Waals surface area (Å²) in [6, 6.07) is 5.37. The summed E-state index contributed by atoms with van der Waals surface area (Å²) in [6.45, 7) is 6.67. The summed E-state index contributed by atoms with van der Waals surface area (Å²) in [5.41, 5.74) is 3.27. The van der Waals surface area contributed by atoms with Crippen molar-refractivity contribution in [3.05, 3.63) is 40.9 Å². The number of fused-ring (bicyclic) bond motifs is 1. The minimum atomic E-state index is -0.357. The molecule has 0 saturated carbocycles. The number of ether oxygens (including phenoxy) is 1. The maximum atomic E-state index is 12.1. The monoisotopic (exact) mass is 359 g/mol. The number of aryl methyl sites for hydroxylation is 1. The highest BCUT2D eigenvalue weighted by atomic mass is 35.5. The number of anilines is 2. The van der Waals surface area contributed by atoms with Crippen LogP contribution in [-0.4, -0.2) is 32.1 Å². The first kappa shape index (κ1) is 17.2. The Kier molecular flexibility index (Phi) is 4.85. The normalized spacial score (nSPS) is 10.9. The molecule has 0 aliphatic carbocycles. The molecule has 0 aliphatic heterocycles. The molecule has 7 nitrogen and oxygen atoms in total. The largest absolute Gasteiger partial charge is 0.462 e. The predicted octanol–water partition coefficient (Wildman–Crippen LogP) is 3.73. The minimum Gasteiger partial charge on any atom is -0.462 e. The maximum absolute atomic E-state index is 12.1. The van der Waals surface area contributed by atoms with E-state index in [4.69, 9.17) is 16.3 Å². The minimum absolute atomic E-state index is 0.129. The predicted molar refractivity (Wildman–Crippen MR) is 96.4 cm³/mol. The lowest BCUT2D eigenvalue weighted by Crippen LogP contribution is -2.08. The fourth-order valence-electron chi connectivity index (χ4n) is 2.56. The molecule has 25 heavy (non-hydrogen) atoms. The van der Waals surface area contributed by atoms with Gasteiger partial charge in [0, 0.05) is 12.2 Å². The molecule has 2 heterocycles. The van der Waals surface area contributed by atoms with Crippen LogP contribution in [0.1, 0.15) is 29.8 Å². The first-order chi connectivity index (χ1) is 12.0. The van der Waals surface area contributed by atoms with Gasteiger partial charge in [0.05, 0.1) is 18.5 Å². The van der Waals surface area contributed by atoms with Gasteiger partial charge in [-0.05, 0) is 50.1 Å². The molecule has 0 amide bonds. The van der Waals surface area contributed by atoms with Crippen LogP contribution in [-0.2, 0) is 11.3 Å². The van der Waals surface area contributed by atoms with Crippen LogP contribution in [0.2, 0.25) is 5.28 Å². The number of aromatic nitrogens is 4. The summed E-state index contributed by atoms with van der Waals surface area (Å²) < 4.78 is 6.98. The highest BCUT2D eigenvalue weighted by Crippen LogP contribution is 2.27. The molecule has 8 heteroatoms. The second-order valence-corrected chi connectivity index (χ2v) is 5.71. The Morgan fingerprint density at radius 2 is 2.12 bits per heavy atom. The van der Waals surface area contributed by atoms with Gasteiger partial charge >= 0.3 is 5.97 Å². The van der Waals surface area contributed by atoms with Gasteiger partial charge in [0.25, 0.3) is 0 Å². The van der Waals surface area contributed by atoms with E-state index >= 15 is 0 Å². The van der Waals surface area contributed by atoms with E-state index in [2.05, 4.69) is 20.3 Å². The van der Waals surface area contributed by atoms with E-state index in [9.17, 15) is 4.79 Å². The smallest absolute Gasteiger partial charge is 0.338 e. The molecule has 3 aromatic rings. The van der Waals surface area contributed by atoms with Gasteiger partial charge in [0.2, 0.25) is 5.28 Å². The molecule has 0 bridgehead atoms. The van der Waals surface area contributed by atoms with Crippen molar-refractivity contribution in [2.75, 3.05) is 11.9 Å². The lowest BCUT2D eigenvalue weighted by atomic mass is 10.1. The third-order valence-corrected chi connectivity index (χ3v) is 4.03. The van der Waals surface area contributed by atoms with Gasteiger partial charge in [-0.3, -0.25) is 0 Å². The van der Waals surface area contributed by atoms with Gasteiger partial charge in [-0.1, -0.05) is 6.07 Å². The Morgan fingerprint density at radius 1 is 1.32 bits per heavy atom. The summed E-state index contributed by atoms with van der Waals surface area (Å²) in [4.78, 5) is 24.9. The van der Waals surface area contributed by atoms with Crippen molar-refractivity contribution in [1.29, 1.82) is 0 Å². The number of carbonyl (C=O) groups excluding carboxylic acids is 1. The second kappa shape index (κ2) is 7.06. The van der Waals surface area contributed by atoms with Crippen molar-refractivity contribution in [3.8, 4) is 0 Å². The van der Waals surface area contributed by atoms with Crippen molar-refractivity contribution in [2.45, 2.75) is 27.3 Å². The average molecular weight is 360 g/mol. The fourth-order valence-corrected chi connectivity index (χ4v) is 2.73. The van der Waals surface area contributed by atoms with Crippen LogP contribution in [0.4, 0.5) is 11.5 Å². The SMILES string of the molecule is CCOC(=O)c1cccc(Nc2nc(Cl)nc3c2ncn3CC)c1C. The number of esters is 1. The molecule has 0 saturated heterocycles. The summed E-state index contributed by atoms with van der Waals surface area (Å²) >= 11 is 6.06. The van der Waals surface area contributed by atoms with E-state index in [0.29, 0.717) is 29.2 Å². The van der Waals surface area contributed by atoms with Crippen molar-refractivity contribution < 1.29 is 9.53 Å². The van der Waals surface area contributed by atoms with Crippen molar-refractivity contribution in [2.24, 2.45) is 0 Å². The molecular weight excluding hydrogens is 342 g/mol. The topological polar surface area (TPSA) is 81.9 Å². The second-order valence-electron chi connectivity index (χ2n) is 5.37. The van der Waals surface area contributed by atoms with Crippen LogP contribution < -0.4 is 5.32 Å². The Morgan fingerprint density at radius 3 is 2.84 bits per heavy atom. The van der Waals surface area contributed by atoms with E-state index in [1.165, 1.54) is 0 Å². The van der Waals surface area contributed by atoms with Gasteiger partial charge < -0.3 is 14.6 Å². The molecule has 130 valence electrons. The highest BCUT2D eigenvalue weighted by molar-refractivity contribution is 6.28. The van der Waals surface area contributed by atoms with Crippen LogP contribution in [0.25, 0.3) is 11.2 Å². The standard InChI is InChI=1S/C17H18ClN5O2/c1-4-23-9-19-13-14(21-17(18)22-15(13)23)20-12-8-6-7-11(10(12)3)16(24)25-5-2/h6-9H,4-5H2,1-3H3,(H,20,21,22). The number of imidazole rings is 1. The zero-order chi connectivity index (χ0) is 18.0. The number of carbonyl (C=O) groups is 1. The Bertz CT molecular complexity index is 938. The van der Waals surface area contributed by atoms with Crippen LogP contribution in [0.15, 0.2) is 24.5 Å². The molecule has 1 aromatic carbocycles. The van der Waals surface area contributed by atoms with Gasteiger partial charge in [-0.2, -0.15) is 9.97 Å². The van der Waals surface area contributed by atoms with Gasteiger partial charge in [0.15, 0.2) is 17.0 Å². The van der Waals surface area contributed by atoms with Gasteiger partial charge in [-0.25, -0.2) is 9.78 Å². The number of nitrogens with one attached hydrogen (secondary N) is 1. The Labute approximate surface area is 150 Å². The van der Waals surface area contributed by atoms with Crippen LogP contribution >= 0.6 is 11.6 Å². The number of benzene rings is 1. The summed E-state index contributed by atoms with van der Waals surface area (Å²) in [5.74, 6) is 0.135. The summed E-state index contributed by atoms with van der Waals surface area (Å²) in [7, 11) is 0. The zero-order valence-electron chi connectivity index (χ0n) is 14.2. The highest BCUT2D eigenvalue weighted by Gasteiger charge is 2.16. The number of hydrogen-bond donors (Lipinski definition) is 1. The molecule has 0 aliphatic rings. The third-order valence-electron chi connectivity index (χ3n) is 3.86. The fraction of sp³-hybridized carbons (Fsp3) is 0.294. The van der Waals surface area contributed by atoms with Crippen molar-refractivity contribution in [1.82, 2.24) is 19.5 Å². The molecule has 2 aromatic heterocycles. The van der Waals surface area contributed by atoms with Crippen LogP contribution in [0, 0.1) is 6.92 Å².